The van der Waals surface area contributed by atoms with Crippen LogP contribution in [0.25, 0.3) is 0 Å². The lowest BCUT2D eigenvalue weighted by Gasteiger charge is -2.38. The molecule has 2 N–H and O–H groups in total. The van der Waals surface area contributed by atoms with Crippen LogP contribution in [0.15, 0.2) is 16.7 Å². The van der Waals surface area contributed by atoms with Crippen molar-refractivity contribution in [3.8, 4) is 0 Å². The first kappa shape index (κ1) is 13.6. The first-order valence-corrected chi connectivity index (χ1v) is 7.31. The van der Waals surface area contributed by atoms with Crippen molar-refractivity contribution in [1.29, 1.82) is 0 Å². The SMILES string of the molecule is CCC(C)N1CCN(c2ncc(Br)cc2N)CC1. The molecule has 2 heterocycles. The van der Waals surface area contributed by atoms with Crippen molar-refractivity contribution < 1.29 is 0 Å². The van der Waals surface area contributed by atoms with Gasteiger partial charge in [-0.15, -0.1) is 0 Å². The standard InChI is InChI=1S/C13H21BrN4/c1-3-10(2)17-4-6-18(7-5-17)13-12(15)8-11(14)9-16-13/h8-10H,3-7,15H2,1-2H3. The van der Waals surface area contributed by atoms with Gasteiger partial charge >= 0.3 is 0 Å². The highest BCUT2D eigenvalue weighted by molar-refractivity contribution is 9.10. The van der Waals surface area contributed by atoms with Gasteiger partial charge in [-0.25, -0.2) is 4.98 Å². The summed E-state index contributed by atoms with van der Waals surface area (Å²) >= 11 is 3.39. The summed E-state index contributed by atoms with van der Waals surface area (Å²) in [5.74, 6) is 0.919. The van der Waals surface area contributed by atoms with E-state index in [-0.39, 0.29) is 0 Å². The average Bonchev–Trinajstić information content (AvgIpc) is 2.38. The third-order valence-corrected chi connectivity index (χ3v) is 4.12. The normalized spacial score (nSPS) is 18.9. The van der Waals surface area contributed by atoms with E-state index in [2.05, 4.69) is 44.6 Å². The van der Waals surface area contributed by atoms with Crippen LogP contribution >= 0.6 is 15.9 Å². The molecule has 1 aliphatic heterocycles. The summed E-state index contributed by atoms with van der Waals surface area (Å²) in [6, 6.07) is 2.59. The predicted molar refractivity (Wildman–Crippen MR) is 79.9 cm³/mol. The Morgan fingerprint density at radius 3 is 2.61 bits per heavy atom. The molecule has 0 saturated carbocycles. The molecule has 1 aliphatic rings. The Morgan fingerprint density at radius 2 is 2.06 bits per heavy atom. The van der Waals surface area contributed by atoms with E-state index in [9.17, 15) is 0 Å². The lowest BCUT2D eigenvalue weighted by molar-refractivity contribution is 0.192. The summed E-state index contributed by atoms with van der Waals surface area (Å²) in [6.45, 7) is 8.72. The van der Waals surface area contributed by atoms with E-state index in [4.69, 9.17) is 5.73 Å². The van der Waals surface area contributed by atoms with Gasteiger partial charge in [0, 0.05) is 42.9 Å². The molecule has 1 aromatic rings. The zero-order chi connectivity index (χ0) is 13.1. The Hall–Kier alpha value is -0.810. The Kier molecular flexibility index (Phi) is 4.45. The highest BCUT2D eigenvalue weighted by atomic mass is 79.9. The molecule has 5 heteroatoms. The maximum atomic E-state index is 6.03. The van der Waals surface area contributed by atoms with E-state index < -0.39 is 0 Å². The summed E-state index contributed by atoms with van der Waals surface area (Å²) in [4.78, 5) is 9.24. The van der Waals surface area contributed by atoms with Gasteiger partial charge in [0.1, 0.15) is 0 Å². The maximum absolute atomic E-state index is 6.03. The topological polar surface area (TPSA) is 45.4 Å². The fourth-order valence-electron chi connectivity index (χ4n) is 2.34. The number of nitrogens with two attached hydrogens (primary N) is 1. The van der Waals surface area contributed by atoms with Gasteiger partial charge in [-0.05, 0) is 35.3 Å². The van der Waals surface area contributed by atoms with E-state index in [0.29, 0.717) is 6.04 Å². The molecule has 1 aromatic heterocycles. The van der Waals surface area contributed by atoms with E-state index in [0.717, 1.165) is 42.2 Å². The second-order valence-electron chi connectivity index (χ2n) is 4.85. The van der Waals surface area contributed by atoms with Gasteiger partial charge < -0.3 is 10.6 Å². The molecule has 0 radical (unpaired) electrons. The molecule has 0 amide bonds. The minimum absolute atomic E-state index is 0.669. The number of rotatable bonds is 3. The molecule has 1 fully saturated rings. The molecule has 4 nitrogen and oxygen atoms in total. The first-order valence-electron chi connectivity index (χ1n) is 6.51. The maximum Gasteiger partial charge on any atom is 0.151 e. The van der Waals surface area contributed by atoms with Crippen LogP contribution in [0, 0.1) is 0 Å². The monoisotopic (exact) mass is 312 g/mol. The minimum Gasteiger partial charge on any atom is -0.396 e. The van der Waals surface area contributed by atoms with E-state index in [1.165, 1.54) is 6.42 Å². The number of pyridine rings is 1. The van der Waals surface area contributed by atoms with Gasteiger partial charge in [-0.3, -0.25) is 4.90 Å². The van der Waals surface area contributed by atoms with E-state index in [1.807, 2.05) is 12.3 Å². The van der Waals surface area contributed by atoms with Crippen LogP contribution in [-0.2, 0) is 0 Å². The highest BCUT2D eigenvalue weighted by Gasteiger charge is 2.22. The van der Waals surface area contributed by atoms with Gasteiger partial charge in [0.2, 0.25) is 0 Å². The number of hydrogen-bond donors (Lipinski definition) is 1. The second-order valence-corrected chi connectivity index (χ2v) is 5.76. The molecule has 1 unspecified atom stereocenters. The lowest BCUT2D eigenvalue weighted by atomic mass is 10.2. The van der Waals surface area contributed by atoms with Crippen molar-refractivity contribution >= 4 is 27.4 Å². The molecule has 0 aromatic carbocycles. The van der Waals surface area contributed by atoms with Crippen LogP contribution in [0.1, 0.15) is 20.3 Å². The van der Waals surface area contributed by atoms with E-state index >= 15 is 0 Å². The van der Waals surface area contributed by atoms with Crippen LogP contribution < -0.4 is 10.6 Å². The molecular formula is C13H21BrN4. The van der Waals surface area contributed by atoms with Crippen LogP contribution in [0.3, 0.4) is 0 Å². The number of hydrogen-bond acceptors (Lipinski definition) is 4. The number of anilines is 2. The molecule has 100 valence electrons. The highest BCUT2D eigenvalue weighted by Crippen LogP contribution is 2.24. The second kappa shape index (κ2) is 5.89. The van der Waals surface area contributed by atoms with Crippen molar-refractivity contribution in [2.75, 3.05) is 36.8 Å². The van der Waals surface area contributed by atoms with Crippen molar-refractivity contribution in [3.63, 3.8) is 0 Å². The van der Waals surface area contributed by atoms with Gasteiger partial charge in [-0.1, -0.05) is 6.92 Å². The van der Waals surface area contributed by atoms with Crippen molar-refractivity contribution in [1.82, 2.24) is 9.88 Å². The van der Waals surface area contributed by atoms with Gasteiger partial charge in [0.05, 0.1) is 5.69 Å². The smallest absolute Gasteiger partial charge is 0.151 e. The summed E-state index contributed by atoms with van der Waals surface area (Å²) in [7, 11) is 0. The molecular weight excluding hydrogens is 292 g/mol. The first-order chi connectivity index (χ1) is 8.61. The Morgan fingerprint density at radius 1 is 1.39 bits per heavy atom. The molecule has 0 aliphatic carbocycles. The molecule has 2 rings (SSSR count). The lowest BCUT2D eigenvalue weighted by Crippen LogP contribution is -2.49. The molecule has 0 spiro atoms. The molecule has 0 bridgehead atoms. The average molecular weight is 313 g/mol. The summed E-state index contributed by atoms with van der Waals surface area (Å²) in [5, 5.41) is 0. The predicted octanol–water partition coefficient (Wildman–Crippen LogP) is 2.35. The molecule has 1 saturated heterocycles. The zero-order valence-electron chi connectivity index (χ0n) is 11.1. The van der Waals surface area contributed by atoms with Crippen LogP contribution in [0.4, 0.5) is 11.5 Å². The Labute approximate surface area is 117 Å². The largest absolute Gasteiger partial charge is 0.396 e. The number of nitrogen functional groups attached to an aromatic ring is 1. The molecule has 1 atom stereocenters. The summed E-state index contributed by atoms with van der Waals surface area (Å²) < 4.78 is 0.932. The summed E-state index contributed by atoms with van der Waals surface area (Å²) in [5.41, 5.74) is 6.78. The number of piperazine rings is 1. The van der Waals surface area contributed by atoms with Crippen LogP contribution in [-0.4, -0.2) is 42.1 Å². The van der Waals surface area contributed by atoms with Crippen LogP contribution in [0.2, 0.25) is 0 Å². The van der Waals surface area contributed by atoms with Crippen molar-refractivity contribution in [3.05, 3.63) is 16.7 Å². The quantitative estimate of drug-likeness (QED) is 0.930. The van der Waals surface area contributed by atoms with Gasteiger partial charge in [0.25, 0.3) is 0 Å². The fraction of sp³-hybridized carbons (Fsp3) is 0.615. The van der Waals surface area contributed by atoms with E-state index in [1.54, 1.807) is 0 Å². The minimum atomic E-state index is 0.669. The zero-order valence-corrected chi connectivity index (χ0v) is 12.7. The number of halogens is 1. The number of aromatic nitrogens is 1. The number of nitrogens with zero attached hydrogens (tertiary/aromatic N) is 3. The fourth-order valence-corrected chi connectivity index (χ4v) is 2.69. The van der Waals surface area contributed by atoms with Crippen LogP contribution in [0.5, 0.6) is 0 Å². The van der Waals surface area contributed by atoms with Crippen molar-refractivity contribution in [2.24, 2.45) is 0 Å². The summed E-state index contributed by atoms with van der Waals surface area (Å²) in [6.07, 6.45) is 3.02. The molecule has 18 heavy (non-hydrogen) atoms. The third kappa shape index (κ3) is 2.95. The Bertz CT molecular complexity index is 402. The van der Waals surface area contributed by atoms with Gasteiger partial charge in [0.15, 0.2) is 5.82 Å². The van der Waals surface area contributed by atoms with Gasteiger partial charge in [-0.2, -0.15) is 0 Å². The van der Waals surface area contributed by atoms with Crippen molar-refractivity contribution in [2.45, 2.75) is 26.3 Å². The third-order valence-electron chi connectivity index (χ3n) is 3.69. The Balaban J connectivity index is 2.01.